The Balaban J connectivity index is 2.21. The standard InChI is InChI=1S/C14H17NO3/c1-10(11-6-7-18-9-11)15-13-8-12(16-2)4-5-14(13)17-3/h4-10,15H,1-3H3. The topological polar surface area (TPSA) is 43.6 Å². The van der Waals surface area contributed by atoms with Crippen LogP contribution in [-0.2, 0) is 0 Å². The molecule has 0 amide bonds. The summed E-state index contributed by atoms with van der Waals surface area (Å²) in [5.74, 6) is 1.57. The Morgan fingerprint density at radius 2 is 2.00 bits per heavy atom. The highest BCUT2D eigenvalue weighted by Crippen LogP contribution is 2.31. The third-order valence-corrected chi connectivity index (χ3v) is 2.82. The van der Waals surface area contributed by atoms with Crippen LogP contribution in [0.1, 0.15) is 18.5 Å². The Labute approximate surface area is 107 Å². The summed E-state index contributed by atoms with van der Waals surface area (Å²) < 4.78 is 15.6. The van der Waals surface area contributed by atoms with Crippen LogP contribution in [-0.4, -0.2) is 14.2 Å². The molecule has 1 atom stereocenters. The van der Waals surface area contributed by atoms with Gasteiger partial charge in [0, 0.05) is 11.6 Å². The quantitative estimate of drug-likeness (QED) is 0.878. The Kier molecular flexibility index (Phi) is 3.77. The van der Waals surface area contributed by atoms with Crippen molar-refractivity contribution in [2.24, 2.45) is 0 Å². The molecule has 96 valence electrons. The Hall–Kier alpha value is -2.10. The predicted molar refractivity (Wildman–Crippen MR) is 70.3 cm³/mol. The van der Waals surface area contributed by atoms with Crippen LogP contribution in [0.4, 0.5) is 5.69 Å². The largest absolute Gasteiger partial charge is 0.497 e. The summed E-state index contributed by atoms with van der Waals surface area (Å²) in [7, 11) is 3.29. The van der Waals surface area contributed by atoms with Crippen LogP contribution in [0.3, 0.4) is 0 Å². The first-order valence-electron chi connectivity index (χ1n) is 5.75. The number of hydrogen-bond donors (Lipinski definition) is 1. The fraction of sp³-hybridized carbons (Fsp3) is 0.286. The Morgan fingerprint density at radius 3 is 2.61 bits per heavy atom. The van der Waals surface area contributed by atoms with Gasteiger partial charge in [-0.25, -0.2) is 0 Å². The van der Waals surface area contributed by atoms with Crippen molar-refractivity contribution in [3.8, 4) is 11.5 Å². The SMILES string of the molecule is COc1ccc(OC)c(NC(C)c2ccoc2)c1. The molecule has 0 saturated carbocycles. The van der Waals surface area contributed by atoms with E-state index in [0.29, 0.717) is 0 Å². The zero-order chi connectivity index (χ0) is 13.0. The zero-order valence-corrected chi connectivity index (χ0v) is 10.8. The van der Waals surface area contributed by atoms with E-state index in [2.05, 4.69) is 12.2 Å². The van der Waals surface area contributed by atoms with Gasteiger partial charge in [-0.3, -0.25) is 0 Å². The fourth-order valence-electron chi connectivity index (χ4n) is 1.76. The van der Waals surface area contributed by atoms with Gasteiger partial charge >= 0.3 is 0 Å². The average Bonchev–Trinajstić information content (AvgIpc) is 2.92. The maximum Gasteiger partial charge on any atom is 0.142 e. The predicted octanol–water partition coefficient (Wildman–Crippen LogP) is 3.47. The number of ether oxygens (including phenoxy) is 2. The molecular weight excluding hydrogens is 230 g/mol. The molecule has 18 heavy (non-hydrogen) atoms. The van der Waals surface area contributed by atoms with E-state index in [1.54, 1.807) is 26.7 Å². The number of benzene rings is 1. The van der Waals surface area contributed by atoms with Crippen molar-refractivity contribution in [2.75, 3.05) is 19.5 Å². The van der Waals surface area contributed by atoms with Gasteiger partial charge in [0.1, 0.15) is 11.5 Å². The van der Waals surface area contributed by atoms with Crippen LogP contribution in [0, 0.1) is 0 Å². The summed E-state index contributed by atoms with van der Waals surface area (Å²) in [6.07, 6.45) is 3.39. The molecule has 1 aromatic heterocycles. The molecule has 0 fully saturated rings. The van der Waals surface area contributed by atoms with Crippen molar-refractivity contribution < 1.29 is 13.9 Å². The molecule has 1 unspecified atom stereocenters. The van der Waals surface area contributed by atoms with E-state index in [1.165, 1.54) is 0 Å². The van der Waals surface area contributed by atoms with Gasteiger partial charge in [-0.2, -0.15) is 0 Å². The number of hydrogen-bond acceptors (Lipinski definition) is 4. The second kappa shape index (κ2) is 5.49. The Bertz CT molecular complexity index is 494. The maximum atomic E-state index is 5.32. The monoisotopic (exact) mass is 247 g/mol. The number of methoxy groups -OCH3 is 2. The first-order valence-corrected chi connectivity index (χ1v) is 5.75. The van der Waals surface area contributed by atoms with Gasteiger partial charge in [0.25, 0.3) is 0 Å². The van der Waals surface area contributed by atoms with Gasteiger partial charge in [-0.1, -0.05) is 0 Å². The summed E-state index contributed by atoms with van der Waals surface area (Å²) in [6.45, 7) is 2.06. The molecule has 1 heterocycles. The number of nitrogens with one attached hydrogen (secondary N) is 1. The van der Waals surface area contributed by atoms with Crippen molar-refractivity contribution in [3.05, 3.63) is 42.4 Å². The lowest BCUT2D eigenvalue weighted by Crippen LogP contribution is -2.06. The molecular formula is C14H17NO3. The smallest absolute Gasteiger partial charge is 0.142 e. The van der Waals surface area contributed by atoms with E-state index >= 15 is 0 Å². The molecule has 4 nitrogen and oxygen atoms in total. The van der Waals surface area contributed by atoms with Crippen molar-refractivity contribution in [3.63, 3.8) is 0 Å². The number of anilines is 1. The second-order valence-electron chi connectivity index (χ2n) is 3.99. The lowest BCUT2D eigenvalue weighted by atomic mass is 10.1. The van der Waals surface area contributed by atoms with Gasteiger partial charge in [0.2, 0.25) is 0 Å². The second-order valence-corrected chi connectivity index (χ2v) is 3.99. The van der Waals surface area contributed by atoms with Crippen LogP contribution >= 0.6 is 0 Å². The normalized spacial score (nSPS) is 11.9. The molecule has 0 saturated heterocycles. The highest BCUT2D eigenvalue weighted by molar-refractivity contribution is 5.60. The van der Waals surface area contributed by atoms with Gasteiger partial charge < -0.3 is 19.2 Å². The summed E-state index contributed by atoms with van der Waals surface area (Å²) in [4.78, 5) is 0. The van der Waals surface area contributed by atoms with Crippen LogP contribution in [0.15, 0.2) is 41.2 Å². The van der Waals surface area contributed by atoms with E-state index in [-0.39, 0.29) is 6.04 Å². The third kappa shape index (κ3) is 2.59. The van der Waals surface area contributed by atoms with E-state index in [9.17, 15) is 0 Å². The minimum atomic E-state index is 0.129. The van der Waals surface area contributed by atoms with Crippen molar-refractivity contribution in [1.82, 2.24) is 0 Å². The number of rotatable bonds is 5. The van der Waals surface area contributed by atoms with Gasteiger partial charge in [0.05, 0.1) is 38.5 Å². The summed E-state index contributed by atoms with van der Waals surface area (Å²) in [6, 6.07) is 7.72. The lowest BCUT2D eigenvalue weighted by molar-refractivity contribution is 0.404. The Morgan fingerprint density at radius 1 is 1.17 bits per heavy atom. The molecule has 0 spiro atoms. The fourth-order valence-corrected chi connectivity index (χ4v) is 1.76. The molecule has 1 N–H and O–H groups in total. The lowest BCUT2D eigenvalue weighted by Gasteiger charge is -2.17. The minimum absolute atomic E-state index is 0.129. The molecule has 0 radical (unpaired) electrons. The highest BCUT2D eigenvalue weighted by Gasteiger charge is 2.10. The van der Waals surface area contributed by atoms with Crippen molar-refractivity contribution >= 4 is 5.69 Å². The van der Waals surface area contributed by atoms with Crippen molar-refractivity contribution in [1.29, 1.82) is 0 Å². The number of furan rings is 1. The van der Waals surface area contributed by atoms with Crippen LogP contribution in [0.5, 0.6) is 11.5 Å². The first kappa shape index (κ1) is 12.4. The van der Waals surface area contributed by atoms with Gasteiger partial charge in [-0.15, -0.1) is 0 Å². The van der Waals surface area contributed by atoms with E-state index in [0.717, 1.165) is 22.7 Å². The van der Waals surface area contributed by atoms with E-state index in [1.807, 2.05) is 24.3 Å². The summed E-state index contributed by atoms with van der Waals surface area (Å²) in [5, 5.41) is 3.37. The minimum Gasteiger partial charge on any atom is -0.497 e. The molecule has 0 aliphatic heterocycles. The van der Waals surface area contributed by atoms with Crippen LogP contribution < -0.4 is 14.8 Å². The van der Waals surface area contributed by atoms with E-state index < -0.39 is 0 Å². The van der Waals surface area contributed by atoms with E-state index in [4.69, 9.17) is 13.9 Å². The summed E-state index contributed by atoms with van der Waals surface area (Å²) >= 11 is 0. The zero-order valence-electron chi connectivity index (χ0n) is 10.8. The van der Waals surface area contributed by atoms with Crippen LogP contribution in [0.2, 0.25) is 0 Å². The third-order valence-electron chi connectivity index (χ3n) is 2.82. The molecule has 1 aromatic carbocycles. The highest BCUT2D eigenvalue weighted by atomic mass is 16.5. The first-order chi connectivity index (χ1) is 8.74. The average molecular weight is 247 g/mol. The van der Waals surface area contributed by atoms with Gasteiger partial charge in [0.15, 0.2) is 0 Å². The molecule has 0 aliphatic carbocycles. The molecule has 4 heteroatoms. The molecule has 0 bridgehead atoms. The maximum absolute atomic E-state index is 5.32. The van der Waals surface area contributed by atoms with Crippen molar-refractivity contribution in [2.45, 2.75) is 13.0 Å². The molecule has 2 rings (SSSR count). The van der Waals surface area contributed by atoms with Gasteiger partial charge in [-0.05, 0) is 25.1 Å². The molecule has 0 aliphatic rings. The van der Waals surface area contributed by atoms with Crippen LogP contribution in [0.25, 0.3) is 0 Å². The summed E-state index contributed by atoms with van der Waals surface area (Å²) in [5.41, 5.74) is 1.98. The molecule has 2 aromatic rings.